The van der Waals surface area contributed by atoms with Crippen LogP contribution in [0.2, 0.25) is 0 Å². The van der Waals surface area contributed by atoms with Gasteiger partial charge in [-0.15, -0.1) is 0 Å². The molecule has 0 aromatic heterocycles. The van der Waals surface area contributed by atoms with Crippen molar-refractivity contribution in [3.8, 4) is 0 Å². The zero-order chi connectivity index (χ0) is 14.3. The number of carbonyl (C=O) groups is 3. The predicted molar refractivity (Wildman–Crippen MR) is 70.2 cm³/mol. The van der Waals surface area contributed by atoms with E-state index in [1.807, 2.05) is 12.1 Å². The minimum absolute atomic E-state index is 0.129. The van der Waals surface area contributed by atoms with Gasteiger partial charge >= 0.3 is 5.97 Å². The summed E-state index contributed by atoms with van der Waals surface area (Å²) in [7, 11) is 0. The second-order valence-electron chi connectivity index (χ2n) is 5.10. The largest absolute Gasteiger partial charge is 0.480 e. The Morgan fingerprint density at radius 2 is 2.00 bits per heavy atom. The Bertz CT molecular complexity index is 599. The van der Waals surface area contributed by atoms with E-state index in [-0.39, 0.29) is 24.8 Å². The average Bonchev–Trinajstić information content (AvgIpc) is 3.01. The molecule has 2 atom stereocenters. The van der Waals surface area contributed by atoms with Crippen LogP contribution in [0.3, 0.4) is 0 Å². The Morgan fingerprint density at radius 1 is 1.25 bits per heavy atom. The standard InChI is InChI=1S/C14H14N2O4/c17-12-6-9(7-15-12)13(18)16-10-4-2-1-3-8(10)5-11(16)14(19)20/h1-4,9,11H,5-7H2,(H,15,17)(H,19,20)/t9?,11-/m0/s1. The van der Waals surface area contributed by atoms with Crippen molar-refractivity contribution in [1.82, 2.24) is 5.32 Å². The van der Waals surface area contributed by atoms with Crippen molar-refractivity contribution in [1.29, 1.82) is 0 Å². The normalized spacial score (nSPS) is 24.4. The SMILES string of the molecule is O=C1CC(C(=O)N2c3ccccc3C[C@H]2C(=O)O)CN1. The van der Waals surface area contributed by atoms with Crippen LogP contribution in [-0.2, 0) is 20.8 Å². The number of fused-ring (bicyclic) bond motifs is 1. The van der Waals surface area contributed by atoms with E-state index < -0.39 is 17.9 Å². The van der Waals surface area contributed by atoms with E-state index in [0.717, 1.165) is 5.56 Å². The third kappa shape index (κ3) is 1.93. The first-order valence-electron chi connectivity index (χ1n) is 6.48. The smallest absolute Gasteiger partial charge is 0.327 e. The minimum atomic E-state index is -1.02. The van der Waals surface area contributed by atoms with Crippen molar-refractivity contribution in [2.45, 2.75) is 18.9 Å². The number of hydrogen-bond acceptors (Lipinski definition) is 3. The van der Waals surface area contributed by atoms with Crippen molar-refractivity contribution in [3.05, 3.63) is 29.8 Å². The van der Waals surface area contributed by atoms with E-state index in [1.54, 1.807) is 12.1 Å². The summed E-state index contributed by atoms with van der Waals surface area (Å²) < 4.78 is 0. The molecule has 1 aromatic rings. The molecular formula is C14H14N2O4. The molecule has 2 N–H and O–H groups in total. The van der Waals surface area contributed by atoms with Crippen molar-refractivity contribution in [3.63, 3.8) is 0 Å². The Labute approximate surface area is 115 Å². The van der Waals surface area contributed by atoms with Gasteiger partial charge in [-0.3, -0.25) is 14.5 Å². The molecule has 104 valence electrons. The number of hydrogen-bond donors (Lipinski definition) is 2. The molecule has 1 unspecified atom stereocenters. The molecule has 2 amide bonds. The Kier molecular flexibility index (Phi) is 2.93. The fraction of sp³-hybridized carbons (Fsp3) is 0.357. The fourth-order valence-corrected chi connectivity index (χ4v) is 2.83. The van der Waals surface area contributed by atoms with Crippen molar-refractivity contribution in [2.24, 2.45) is 5.92 Å². The van der Waals surface area contributed by atoms with Gasteiger partial charge in [-0.25, -0.2) is 4.79 Å². The van der Waals surface area contributed by atoms with Gasteiger partial charge in [-0.2, -0.15) is 0 Å². The van der Waals surface area contributed by atoms with Crippen LogP contribution in [0, 0.1) is 5.92 Å². The fourth-order valence-electron chi connectivity index (χ4n) is 2.83. The number of nitrogens with one attached hydrogen (secondary N) is 1. The zero-order valence-electron chi connectivity index (χ0n) is 10.7. The maximum absolute atomic E-state index is 12.5. The van der Waals surface area contributed by atoms with Gasteiger partial charge in [0.1, 0.15) is 6.04 Å². The second-order valence-corrected chi connectivity index (χ2v) is 5.10. The molecular weight excluding hydrogens is 260 g/mol. The van der Waals surface area contributed by atoms with Gasteiger partial charge < -0.3 is 10.4 Å². The number of amides is 2. The van der Waals surface area contributed by atoms with E-state index in [0.29, 0.717) is 12.1 Å². The summed E-state index contributed by atoms with van der Waals surface area (Å²) >= 11 is 0. The molecule has 2 aliphatic heterocycles. The highest BCUT2D eigenvalue weighted by Crippen LogP contribution is 2.34. The summed E-state index contributed by atoms with van der Waals surface area (Å²) in [5.41, 5.74) is 1.50. The molecule has 20 heavy (non-hydrogen) atoms. The Hall–Kier alpha value is -2.37. The lowest BCUT2D eigenvalue weighted by molar-refractivity contribution is -0.140. The highest BCUT2D eigenvalue weighted by molar-refractivity contribution is 6.05. The monoisotopic (exact) mass is 274 g/mol. The molecule has 1 saturated heterocycles. The number of carboxylic acids is 1. The summed E-state index contributed by atoms with van der Waals surface area (Å²) in [5, 5.41) is 11.9. The Balaban J connectivity index is 1.94. The molecule has 2 aliphatic rings. The molecule has 1 fully saturated rings. The van der Waals surface area contributed by atoms with E-state index in [2.05, 4.69) is 5.32 Å². The molecule has 6 heteroatoms. The number of benzene rings is 1. The zero-order valence-corrected chi connectivity index (χ0v) is 10.7. The van der Waals surface area contributed by atoms with Crippen molar-refractivity contribution < 1.29 is 19.5 Å². The quantitative estimate of drug-likeness (QED) is 0.804. The molecule has 3 rings (SSSR count). The molecule has 0 aliphatic carbocycles. The van der Waals surface area contributed by atoms with Crippen LogP contribution in [-0.4, -0.2) is 35.5 Å². The molecule has 6 nitrogen and oxygen atoms in total. The molecule has 0 bridgehead atoms. The number of aliphatic carboxylic acids is 1. The number of para-hydroxylation sites is 1. The predicted octanol–water partition coefficient (Wildman–Crippen LogP) is 0.165. The lowest BCUT2D eigenvalue weighted by Gasteiger charge is -2.25. The van der Waals surface area contributed by atoms with Crippen molar-refractivity contribution >= 4 is 23.5 Å². The summed E-state index contributed by atoms with van der Waals surface area (Å²) in [4.78, 5) is 36.5. The molecule has 0 spiro atoms. The first kappa shape index (κ1) is 12.7. The Morgan fingerprint density at radius 3 is 2.65 bits per heavy atom. The van der Waals surface area contributed by atoms with Gasteiger partial charge in [-0.1, -0.05) is 18.2 Å². The summed E-state index contributed by atoms with van der Waals surface area (Å²) in [6.45, 7) is 0.280. The molecule has 0 radical (unpaired) electrons. The van der Waals surface area contributed by atoms with Crippen LogP contribution >= 0.6 is 0 Å². The highest BCUT2D eigenvalue weighted by atomic mass is 16.4. The van der Waals surface area contributed by atoms with E-state index in [1.165, 1.54) is 4.90 Å². The molecule has 0 saturated carbocycles. The topological polar surface area (TPSA) is 86.7 Å². The summed E-state index contributed by atoms with van der Waals surface area (Å²) in [6, 6.07) is 6.31. The van der Waals surface area contributed by atoms with Crippen LogP contribution in [0.1, 0.15) is 12.0 Å². The summed E-state index contributed by atoms with van der Waals surface area (Å²) in [6.07, 6.45) is 0.440. The van der Waals surface area contributed by atoms with Crippen LogP contribution in [0.5, 0.6) is 0 Å². The van der Waals surface area contributed by atoms with Crippen LogP contribution in [0.15, 0.2) is 24.3 Å². The van der Waals surface area contributed by atoms with Crippen LogP contribution < -0.4 is 10.2 Å². The molecule has 1 aromatic carbocycles. The maximum Gasteiger partial charge on any atom is 0.327 e. The van der Waals surface area contributed by atoms with E-state index in [9.17, 15) is 19.5 Å². The third-order valence-corrected chi connectivity index (χ3v) is 3.83. The average molecular weight is 274 g/mol. The van der Waals surface area contributed by atoms with Gasteiger partial charge in [0.2, 0.25) is 11.8 Å². The minimum Gasteiger partial charge on any atom is -0.480 e. The third-order valence-electron chi connectivity index (χ3n) is 3.83. The number of anilines is 1. The first-order valence-corrected chi connectivity index (χ1v) is 6.48. The first-order chi connectivity index (χ1) is 9.58. The van der Waals surface area contributed by atoms with Crippen LogP contribution in [0.25, 0.3) is 0 Å². The van der Waals surface area contributed by atoms with Crippen LogP contribution in [0.4, 0.5) is 5.69 Å². The number of nitrogens with zero attached hydrogens (tertiary/aromatic N) is 1. The van der Waals surface area contributed by atoms with Gasteiger partial charge in [-0.05, 0) is 11.6 Å². The van der Waals surface area contributed by atoms with Crippen molar-refractivity contribution in [2.75, 3.05) is 11.4 Å². The molecule has 2 heterocycles. The van der Waals surface area contributed by atoms with E-state index in [4.69, 9.17) is 0 Å². The lowest BCUT2D eigenvalue weighted by Crippen LogP contribution is -2.46. The number of carboxylic acid groups (broad SMARTS) is 1. The van der Waals surface area contributed by atoms with Gasteiger partial charge in [0.15, 0.2) is 0 Å². The summed E-state index contributed by atoms with van der Waals surface area (Å²) in [5.74, 6) is -1.95. The number of rotatable bonds is 2. The lowest BCUT2D eigenvalue weighted by atomic mass is 10.1. The highest BCUT2D eigenvalue weighted by Gasteiger charge is 2.42. The maximum atomic E-state index is 12.5. The van der Waals surface area contributed by atoms with Gasteiger partial charge in [0, 0.05) is 25.1 Å². The second kappa shape index (κ2) is 4.63. The van der Waals surface area contributed by atoms with Gasteiger partial charge in [0.25, 0.3) is 0 Å². The van der Waals surface area contributed by atoms with Gasteiger partial charge in [0.05, 0.1) is 5.92 Å². The van der Waals surface area contributed by atoms with E-state index >= 15 is 0 Å². The number of carbonyl (C=O) groups excluding carboxylic acids is 2.